The van der Waals surface area contributed by atoms with Gasteiger partial charge in [-0.2, -0.15) is 0 Å². The molecule has 0 N–H and O–H groups in total. The van der Waals surface area contributed by atoms with E-state index in [2.05, 4.69) is 6.08 Å². The molecule has 0 spiro atoms. The average Bonchev–Trinajstić information content (AvgIpc) is 1.88. The van der Waals surface area contributed by atoms with Gasteiger partial charge < -0.3 is 4.55 Å². The van der Waals surface area contributed by atoms with Gasteiger partial charge in [0, 0.05) is 5.75 Å². The van der Waals surface area contributed by atoms with E-state index in [0.29, 0.717) is 0 Å². The molecule has 0 bridgehead atoms. The first-order chi connectivity index (χ1) is 4.79. The van der Waals surface area contributed by atoms with Gasteiger partial charge in [-0.3, -0.25) is 4.21 Å². The molecule has 0 aromatic rings. The van der Waals surface area contributed by atoms with Crippen molar-refractivity contribution in [3.8, 4) is 0 Å². The molecule has 0 amide bonds. The minimum atomic E-state index is -1.88. The van der Waals surface area contributed by atoms with E-state index in [-0.39, 0.29) is 5.75 Å². The molecule has 1 atom stereocenters. The van der Waals surface area contributed by atoms with E-state index in [1.807, 2.05) is 0 Å². The van der Waals surface area contributed by atoms with Gasteiger partial charge >= 0.3 is 0 Å². The molecule has 2 nitrogen and oxygen atoms in total. The molecule has 0 aromatic heterocycles. The highest BCUT2D eigenvalue weighted by atomic mass is 32.2. The highest BCUT2D eigenvalue weighted by Gasteiger charge is 2.02. The van der Waals surface area contributed by atoms with Crippen molar-refractivity contribution >= 4 is 11.1 Å². The second kappa shape index (κ2) is 3.88. The van der Waals surface area contributed by atoms with Gasteiger partial charge in [0.2, 0.25) is 0 Å². The molecule has 10 heavy (non-hydrogen) atoms. The van der Waals surface area contributed by atoms with Crippen LogP contribution in [0.1, 0.15) is 25.7 Å². The normalized spacial score (nSPS) is 21.9. The summed E-state index contributed by atoms with van der Waals surface area (Å²) in [5.74, 6) is 0.250. The van der Waals surface area contributed by atoms with E-state index in [1.165, 1.54) is 6.42 Å². The largest absolute Gasteiger partial charge is 0.772 e. The van der Waals surface area contributed by atoms with Crippen molar-refractivity contribution in [3.05, 3.63) is 11.6 Å². The summed E-state index contributed by atoms with van der Waals surface area (Å²) in [6, 6.07) is 0. The topological polar surface area (TPSA) is 40.1 Å². The van der Waals surface area contributed by atoms with E-state index >= 15 is 0 Å². The molecule has 1 aliphatic carbocycles. The zero-order valence-electron chi connectivity index (χ0n) is 5.84. The van der Waals surface area contributed by atoms with Crippen molar-refractivity contribution in [1.29, 1.82) is 0 Å². The predicted molar refractivity (Wildman–Crippen MR) is 40.3 cm³/mol. The molecule has 0 saturated heterocycles. The fraction of sp³-hybridized carbons (Fsp3) is 0.714. The zero-order valence-corrected chi connectivity index (χ0v) is 6.65. The first-order valence-corrected chi connectivity index (χ1v) is 4.77. The minimum Gasteiger partial charge on any atom is -0.772 e. The zero-order chi connectivity index (χ0) is 7.40. The standard InChI is InChI=1S/C7H12O2S/c8-10(9)6-7-4-2-1-3-5-7/h4H,1-3,5-6H2,(H,8,9)/p-1. The minimum absolute atomic E-state index is 0.250. The third kappa shape index (κ3) is 2.62. The molecule has 1 aliphatic rings. The van der Waals surface area contributed by atoms with Crippen LogP contribution in [-0.4, -0.2) is 14.5 Å². The van der Waals surface area contributed by atoms with Crippen LogP contribution in [0, 0.1) is 0 Å². The Morgan fingerprint density at radius 3 is 2.90 bits per heavy atom. The van der Waals surface area contributed by atoms with Gasteiger partial charge in [0.1, 0.15) is 0 Å². The number of rotatable bonds is 2. The number of hydrogen-bond donors (Lipinski definition) is 0. The molecule has 0 fully saturated rings. The molecule has 3 heteroatoms. The quantitative estimate of drug-likeness (QED) is 0.451. The van der Waals surface area contributed by atoms with Gasteiger partial charge in [0.05, 0.1) is 0 Å². The summed E-state index contributed by atoms with van der Waals surface area (Å²) in [4.78, 5) is 0. The van der Waals surface area contributed by atoms with Crippen molar-refractivity contribution in [2.24, 2.45) is 0 Å². The van der Waals surface area contributed by atoms with Gasteiger partial charge in [-0.15, -0.1) is 0 Å². The number of hydrogen-bond acceptors (Lipinski definition) is 2. The van der Waals surface area contributed by atoms with Crippen molar-refractivity contribution in [3.63, 3.8) is 0 Å². The summed E-state index contributed by atoms with van der Waals surface area (Å²) < 4.78 is 20.5. The third-order valence-electron chi connectivity index (χ3n) is 1.69. The fourth-order valence-electron chi connectivity index (χ4n) is 1.19. The van der Waals surface area contributed by atoms with Crippen LogP contribution in [0.25, 0.3) is 0 Å². The van der Waals surface area contributed by atoms with Gasteiger partial charge in [-0.05, 0) is 25.7 Å². The van der Waals surface area contributed by atoms with Crippen LogP contribution in [0.3, 0.4) is 0 Å². The maximum atomic E-state index is 10.2. The highest BCUT2D eigenvalue weighted by Crippen LogP contribution is 2.17. The second-order valence-electron chi connectivity index (χ2n) is 2.56. The summed E-state index contributed by atoms with van der Waals surface area (Å²) in [6.07, 6.45) is 6.47. The third-order valence-corrected chi connectivity index (χ3v) is 2.29. The van der Waals surface area contributed by atoms with Crippen LogP contribution in [0.2, 0.25) is 0 Å². The van der Waals surface area contributed by atoms with Gasteiger partial charge in [-0.25, -0.2) is 0 Å². The van der Waals surface area contributed by atoms with E-state index in [4.69, 9.17) is 0 Å². The molecule has 0 heterocycles. The summed E-state index contributed by atoms with van der Waals surface area (Å²) in [6.45, 7) is 0. The second-order valence-corrected chi connectivity index (χ2v) is 3.45. The van der Waals surface area contributed by atoms with Crippen LogP contribution in [-0.2, 0) is 11.1 Å². The molecule has 1 rings (SSSR count). The Bertz CT molecular complexity index is 163. The Morgan fingerprint density at radius 2 is 2.40 bits per heavy atom. The Balaban J connectivity index is 2.38. The van der Waals surface area contributed by atoms with Crippen LogP contribution in [0.4, 0.5) is 0 Å². The molecular weight excluding hydrogens is 148 g/mol. The van der Waals surface area contributed by atoms with Gasteiger partial charge in [0.25, 0.3) is 0 Å². The van der Waals surface area contributed by atoms with Gasteiger partial charge in [0.15, 0.2) is 0 Å². The van der Waals surface area contributed by atoms with Crippen LogP contribution < -0.4 is 0 Å². The van der Waals surface area contributed by atoms with Crippen molar-refractivity contribution in [2.45, 2.75) is 25.7 Å². The van der Waals surface area contributed by atoms with Crippen molar-refractivity contribution in [2.75, 3.05) is 5.75 Å². The highest BCUT2D eigenvalue weighted by molar-refractivity contribution is 7.79. The lowest BCUT2D eigenvalue weighted by Gasteiger charge is -2.13. The summed E-state index contributed by atoms with van der Waals surface area (Å²) in [7, 11) is 0. The lowest BCUT2D eigenvalue weighted by Crippen LogP contribution is -2.02. The first-order valence-electron chi connectivity index (χ1n) is 3.53. The first kappa shape index (κ1) is 7.95. The molecule has 0 aliphatic heterocycles. The molecule has 0 saturated carbocycles. The van der Waals surface area contributed by atoms with Crippen LogP contribution in [0.5, 0.6) is 0 Å². The molecule has 1 unspecified atom stereocenters. The van der Waals surface area contributed by atoms with Crippen LogP contribution in [0.15, 0.2) is 11.6 Å². The lowest BCUT2D eigenvalue weighted by molar-refractivity contribution is 0.537. The Morgan fingerprint density at radius 1 is 1.60 bits per heavy atom. The molecular formula is C7H11O2S-. The molecule has 0 radical (unpaired) electrons. The van der Waals surface area contributed by atoms with Crippen molar-refractivity contribution in [1.82, 2.24) is 0 Å². The summed E-state index contributed by atoms with van der Waals surface area (Å²) in [5.41, 5.74) is 1.10. The van der Waals surface area contributed by atoms with E-state index in [1.54, 1.807) is 0 Å². The maximum Gasteiger partial charge on any atom is 0.0312 e. The van der Waals surface area contributed by atoms with Crippen LogP contribution >= 0.6 is 0 Å². The maximum absolute atomic E-state index is 10.2. The Hall–Kier alpha value is -0.150. The predicted octanol–water partition coefficient (Wildman–Crippen LogP) is 1.37. The summed E-state index contributed by atoms with van der Waals surface area (Å²) >= 11 is -1.88. The van der Waals surface area contributed by atoms with Gasteiger partial charge in [-0.1, -0.05) is 22.7 Å². The van der Waals surface area contributed by atoms with E-state index in [0.717, 1.165) is 24.8 Å². The number of allylic oxidation sites excluding steroid dienone is 1. The van der Waals surface area contributed by atoms with E-state index < -0.39 is 11.1 Å². The SMILES string of the molecule is O=S([O-])CC1=CCCCC1. The summed E-state index contributed by atoms with van der Waals surface area (Å²) in [5, 5.41) is 0. The lowest BCUT2D eigenvalue weighted by atomic mass is 10.0. The monoisotopic (exact) mass is 159 g/mol. The van der Waals surface area contributed by atoms with Crippen molar-refractivity contribution < 1.29 is 8.76 Å². The molecule has 0 aromatic carbocycles. The smallest absolute Gasteiger partial charge is 0.0312 e. The Labute approximate surface area is 63.6 Å². The van der Waals surface area contributed by atoms with E-state index in [9.17, 15) is 8.76 Å². The fourth-order valence-corrected chi connectivity index (χ4v) is 1.75. The average molecular weight is 159 g/mol. The Kier molecular flexibility index (Phi) is 3.09. The molecule has 58 valence electrons.